The zero-order valence-electron chi connectivity index (χ0n) is 13.6. The molecule has 24 heavy (non-hydrogen) atoms. The van der Waals surface area contributed by atoms with Gasteiger partial charge < -0.3 is 5.73 Å². The first-order valence-electron chi connectivity index (χ1n) is 7.68. The fourth-order valence-electron chi connectivity index (χ4n) is 3.06. The fraction of sp³-hybridized carbons (Fsp3) is 0.467. The van der Waals surface area contributed by atoms with Crippen molar-refractivity contribution in [1.82, 2.24) is 14.1 Å². The summed E-state index contributed by atoms with van der Waals surface area (Å²) in [6, 6.07) is 1.39. The van der Waals surface area contributed by atoms with Crippen LogP contribution in [0, 0.1) is 6.92 Å². The second kappa shape index (κ2) is 6.30. The zero-order chi connectivity index (χ0) is 17.5. The third-order valence-corrected chi connectivity index (χ3v) is 7.60. The lowest BCUT2D eigenvalue weighted by molar-refractivity contribution is 0.100. The van der Waals surface area contributed by atoms with Gasteiger partial charge in [0.25, 0.3) is 5.91 Å². The van der Waals surface area contributed by atoms with Gasteiger partial charge in [0.05, 0.1) is 16.0 Å². The molecule has 1 aliphatic heterocycles. The Labute approximate surface area is 145 Å². The average Bonchev–Trinajstić information content (AvgIpc) is 3.14. The Bertz CT molecular complexity index is 861. The highest BCUT2D eigenvalue weighted by Crippen LogP contribution is 2.33. The van der Waals surface area contributed by atoms with Gasteiger partial charge in [-0.05, 0) is 37.3 Å². The van der Waals surface area contributed by atoms with Crippen molar-refractivity contribution >= 4 is 27.3 Å². The molecule has 0 spiro atoms. The number of carbonyl (C=O) groups is 1. The zero-order valence-corrected chi connectivity index (χ0v) is 15.2. The number of piperidine rings is 1. The summed E-state index contributed by atoms with van der Waals surface area (Å²) in [5.41, 5.74) is 6.41. The molecule has 0 atom stereocenters. The minimum absolute atomic E-state index is 0.195. The molecule has 7 nitrogen and oxygen atoms in total. The molecule has 0 saturated carbocycles. The number of hydrogen-bond donors (Lipinski definition) is 1. The van der Waals surface area contributed by atoms with E-state index in [-0.39, 0.29) is 9.77 Å². The molecule has 2 aromatic heterocycles. The molecule has 1 saturated heterocycles. The van der Waals surface area contributed by atoms with Crippen molar-refractivity contribution in [2.24, 2.45) is 12.8 Å². The Hall–Kier alpha value is -1.71. The van der Waals surface area contributed by atoms with E-state index in [1.54, 1.807) is 11.6 Å². The van der Waals surface area contributed by atoms with Crippen LogP contribution in [0.3, 0.4) is 0 Å². The topological polar surface area (TPSA) is 98.3 Å². The number of sulfonamides is 1. The summed E-state index contributed by atoms with van der Waals surface area (Å²) in [7, 11) is -1.72. The van der Waals surface area contributed by atoms with Gasteiger partial charge in [-0.3, -0.25) is 9.48 Å². The van der Waals surface area contributed by atoms with Crippen LogP contribution in [0.4, 0.5) is 0 Å². The van der Waals surface area contributed by atoms with E-state index in [0.717, 1.165) is 29.7 Å². The molecule has 9 heteroatoms. The summed E-state index contributed by atoms with van der Waals surface area (Å²) in [5.74, 6) is -0.269. The van der Waals surface area contributed by atoms with Gasteiger partial charge in [0.2, 0.25) is 10.0 Å². The maximum atomic E-state index is 12.9. The number of primary amides is 1. The molecule has 3 heterocycles. The lowest BCUT2D eigenvalue weighted by Crippen LogP contribution is -2.37. The van der Waals surface area contributed by atoms with E-state index in [1.165, 1.54) is 10.4 Å². The Morgan fingerprint density at radius 1 is 1.38 bits per heavy atom. The Morgan fingerprint density at radius 3 is 2.54 bits per heavy atom. The van der Waals surface area contributed by atoms with Crippen LogP contribution in [0.15, 0.2) is 23.4 Å². The number of thiophene rings is 1. The highest BCUT2D eigenvalue weighted by atomic mass is 32.2. The van der Waals surface area contributed by atoms with Crippen molar-refractivity contribution in [1.29, 1.82) is 0 Å². The SMILES string of the molecule is Cc1sc(C(N)=O)cc1S(=O)(=O)N1CCC(c2cnn(C)c2)CC1. The van der Waals surface area contributed by atoms with Gasteiger partial charge in [-0.15, -0.1) is 11.3 Å². The molecule has 1 amide bonds. The lowest BCUT2D eigenvalue weighted by Gasteiger charge is -2.30. The third kappa shape index (κ3) is 3.11. The van der Waals surface area contributed by atoms with Crippen LogP contribution >= 0.6 is 11.3 Å². The van der Waals surface area contributed by atoms with E-state index in [2.05, 4.69) is 5.10 Å². The van der Waals surface area contributed by atoms with Crippen LogP contribution in [-0.4, -0.2) is 41.5 Å². The van der Waals surface area contributed by atoms with E-state index in [0.29, 0.717) is 23.9 Å². The molecule has 130 valence electrons. The molecule has 2 aromatic rings. The highest BCUT2D eigenvalue weighted by molar-refractivity contribution is 7.89. The summed E-state index contributed by atoms with van der Waals surface area (Å²) in [4.78, 5) is 12.4. The Kier molecular flexibility index (Phi) is 4.50. The maximum absolute atomic E-state index is 12.9. The Balaban J connectivity index is 1.76. The Morgan fingerprint density at radius 2 is 2.04 bits per heavy atom. The molecule has 0 unspecified atom stereocenters. The van der Waals surface area contributed by atoms with E-state index in [1.807, 2.05) is 19.4 Å². The van der Waals surface area contributed by atoms with Crippen LogP contribution in [0.5, 0.6) is 0 Å². The van der Waals surface area contributed by atoms with E-state index < -0.39 is 15.9 Å². The molecular formula is C15H20N4O3S2. The average molecular weight is 368 g/mol. The normalized spacial score (nSPS) is 17.2. The van der Waals surface area contributed by atoms with Gasteiger partial charge in [-0.1, -0.05) is 0 Å². The van der Waals surface area contributed by atoms with Crippen LogP contribution in [-0.2, 0) is 17.1 Å². The number of amides is 1. The molecular weight excluding hydrogens is 348 g/mol. The molecule has 3 rings (SSSR count). The minimum atomic E-state index is -3.59. The molecule has 0 radical (unpaired) electrons. The van der Waals surface area contributed by atoms with E-state index >= 15 is 0 Å². The van der Waals surface area contributed by atoms with Crippen LogP contribution < -0.4 is 5.73 Å². The van der Waals surface area contributed by atoms with Gasteiger partial charge in [0.15, 0.2) is 0 Å². The number of nitrogens with zero attached hydrogens (tertiary/aromatic N) is 3. The van der Waals surface area contributed by atoms with Crippen LogP contribution in [0.2, 0.25) is 0 Å². The predicted molar refractivity (Wildman–Crippen MR) is 91.5 cm³/mol. The van der Waals surface area contributed by atoms with E-state index in [9.17, 15) is 13.2 Å². The summed E-state index contributed by atoms with van der Waals surface area (Å²) in [6.07, 6.45) is 5.35. The number of aryl methyl sites for hydroxylation is 2. The number of hydrogen-bond acceptors (Lipinski definition) is 5. The predicted octanol–water partition coefficient (Wildman–Crippen LogP) is 1.46. The first-order valence-corrected chi connectivity index (χ1v) is 9.93. The lowest BCUT2D eigenvalue weighted by atomic mass is 9.93. The van der Waals surface area contributed by atoms with Gasteiger partial charge in [0, 0.05) is 31.2 Å². The van der Waals surface area contributed by atoms with Crippen molar-refractivity contribution in [2.75, 3.05) is 13.1 Å². The summed E-state index contributed by atoms with van der Waals surface area (Å²) < 4.78 is 29.0. The second-order valence-electron chi connectivity index (χ2n) is 6.02. The molecule has 0 aliphatic carbocycles. The quantitative estimate of drug-likeness (QED) is 0.883. The minimum Gasteiger partial charge on any atom is -0.365 e. The van der Waals surface area contributed by atoms with Gasteiger partial charge in [-0.25, -0.2) is 8.42 Å². The standard InChI is InChI=1S/C15H20N4O3S2/c1-10-14(7-13(23-10)15(16)20)24(21,22)19-5-3-11(4-6-19)12-8-17-18(2)9-12/h7-9,11H,3-6H2,1-2H3,(H2,16,20). The van der Waals surface area contributed by atoms with Gasteiger partial charge in [0.1, 0.15) is 0 Å². The number of rotatable bonds is 4. The summed E-state index contributed by atoms with van der Waals surface area (Å²) >= 11 is 1.12. The van der Waals surface area contributed by atoms with Crippen molar-refractivity contribution in [3.63, 3.8) is 0 Å². The largest absolute Gasteiger partial charge is 0.365 e. The van der Waals surface area contributed by atoms with E-state index in [4.69, 9.17) is 5.73 Å². The van der Waals surface area contributed by atoms with Gasteiger partial charge in [-0.2, -0.15) is 9.40 Å². The van der Waals surface area contributed by atoms with Crippen molar-refractivity contribution in [3.8, 4) is 0 Å². The van der Waals surface area contributed by atoms with Crippen molar-refractivity contribution in [2.45, 2.75) is 30.6 Å². The monoisotopic (exact) mass is 368 g/mol. The molecule has 0 bridgehead atoms. The number of carbonyl (C=O) groups excluding carboxylic acids is 1. The number of nitrogens with two attached hydrogens (primary N) is 1. The summed E-state index contributed by atoms with van der Waals surface area (Å²) in [5, 5.41) is 4.18. The van der Waals surface area contributed by atoms with Gasteiger partial charge >= 0.3 is 0 Å². The molecule has 1 aliphatic rings. The smallest absolute Gasteiger partial charge is 0.258 e. The molecule has 1 fully saturated rings. The van der Waals surface area contributed by atoms with Crippen molar-refractivity contribution < 1.29 is 13.2 Å². The molecule has 0 aromatic carbocycles. The number of aromatic nitrogens is 2. The third-order valence-electron chi connectivity index (χ3n) is 4.38. The first kappa shape index (κ1) is 17.1. The van der Waals surface area contributed by atoms with Crippen molar-refractivity contribution in [3.05, 3.63) is 33.8 Å². The maximum Gasteiger partial charge on any atom is 0.258 e. The highest BCUT2D eigenvalue weighted by Gasteiger charge is 2.32. The second-order valence-corrected chi connectivity index (χ2v) is 9.18. The first-order chi connectivity index (χ1) is 11.3. The summed E-state index contributed by atoms with van der Waals surface area (Å²) in [6.45, 7) is 2.62. The molecule has 2 N–H and O–H groups in total. The van der Waals surface area contributed by atoms with Crippen LogP contribution in [0.25, 0.3) is 0 Å². The fourth-order valence-corrected chi connectivity index (χ4v) is 5.94. The van der Waals surface area contributed by atoms with Crippen LogP contribution in [0.1, 0.15) is 38.9 Å².